The van der Waals surface area contributed by atoms with E-state index in [9.17, 15) is 4.79 Å². The van der Waals surface area contributed by atoms with Crippen LogP contribution in [0.2, 0.25) is 0 Å². The van der Waals surface area contributed by atoms with Gasteiger partial charge in [-0.25, -0.2) is 0 Å². The Hall–Kier alpha value is -1.07. The fourth-order valence-corrected chi connectivity index (χ4v) is 2.26. The number of nitrogens with one attached hydrogen (secondary N) is 2. The molecule has 0 aliphatic rings. The molecule has 1 amide bonds. The third-order valence-corrected chi connectivity index (χ3v) is 3.37. The first-order valence-electron chi connectivity index (χ1n) is 6.22. The van der Waals surface area contributed by atoms with Gasteiger partial charge in [-0.2, -0.15) is 11.8 Å². The molecular weight excluding hydrogens is 246 g/mol. The van der Waals surface area contributed by atoms with Gasteiger partial charge in [-0.3, -0.25) is 9.78 Å². The number of hydrogen-bond acceptors (Lipinski definition) is 4. The second kappa shape index (κ2) is 9.91. The zero-order valence-corrected chi connectivity index (χ0v) is 11.6. The van der Waals surface area contributed by atoms with Crippen LogP contribution >= 0.6 is 11.8 Å². The Bertz CT molecular complexity index is 332. The molecule has 0 bridgehead atoms. The van der Waals surface area contributed by atoms with E-state index in [-0.39, 0.29) is 5.91 Å². The standard InChI is InChI=1S/C13H21N3OS/c1-14-7-4-9-16-13(17)6-10-18-11-12-5-2-3-8-15-12/h2-3,5,8,14H,4,6-7,9-11H2,1H3,(H,16,17). The van der Waals surface area contributed by atoms with E-state index in [4.69, 9.17) is 0 Å². The highest BCUT2D eigenvalue weighted by Crippen LogP contribution is 2.10. The number of amides is 1. The summed E-state index contributed by atoms with van der Waals surface area (Å²) in [6.07, 6.45) is 3.35. The minimum absolute atomic E-state index is 0.139. The number of rotatable bonds is 9. The number of thioether (sulfide) groups is 1. The van der Waals surface area contributed by atoms with Crippen LogP contribution in [0, 0.1) is 0 Å². The molecule has 0 aromatic carbocycles. The van der Waals surface area contributed by atoms with E-state index in [0.29, 0.717) is 6.42 Å². The van der Waals surface area contributed by atoms with Gasteiger partial charge in [-0.15, -0.1) is 0 Å². The Labute approximate surface area is 113 Å². The van der Waals surface area contributed by atoms with Crippen molar-refractivity contribution >= 4 is 17.7 Å². The molecular formula is C13H21N3OS. The lowest BCUT2D eigenvalue weighted by Gasteiger charge is -2.04. The van der Waals surface area contributed by atoms with E-state index in [2.05, 4.69) is 15.6 Å². The number of nitrogens with zero attached hydrogens (tertiary/aromatic N) is 1. The van der Waals surface area contributed by atoms with E-state index in [0.717, 1.165) is 36.7 Å². The highest BCUT2D eigenvalue weighted by atomic mass is 32.2. The van der Waals surface area contributed by atoms with Crippen molar-refractivity contribution in [3.8, 4) is 0 Å². The lowest BCUT2D eigenvalue weighted by atomic mass is 10.4. The predicted octanol–water partition coefficient (Wildman–Crippen LogP) is 1.43. The summed E-state index contributed by atoms with van der Waals surface area (Å²) in [6.45, 7) is 1.69. The van der Waals surface area contributed by atoms with Gasteiger partial charge in [0.1, 0.15) is 0 Å². The van der Waals surface area contributed by atoms with Crippen LogP contribution in [0.15, 0.2) is 24.4 Å². The van der Waals surface area contributed by atoms with Gasteiger partial charge in [0.2, 0.25) is 5.91 Å². The van der Waals surface area contributed by atoms with Crippen molar-refractivity contribution in [3.63, 3.8) is 0 Å². The molecule has 0 atom stereocenters. The Morgan fingerprint density at radius 2 is 2.28 bits per heavy atom. The lowest BCUT2D eigenvalue weighted by molar-refractivity contribution is -0.120. The zero-order valence-electron chi connectivity index (χ0n) is 10.8. The quantitative estimate of drug-likeness (QED) is 0.665. The van der Waals surface area contributed by atoms with Gasteiger partial charge >= 0.3 is 0 Å². The number of pyridine rings is 1. The Morgan fingerprint density at radius 1 is 1.39 bits per heavy atom. The monoisotopic (exact) mass is 267 g/mol. The summed E-state index contributed by atoms with van der Waals surface area (Å²) in [6, 6.07) is 5.90. The maximum Gasteiger partial charge on any atom is 0.220 e. The summed E-state index contributed by atoms with van der Waals surface area (Å²) in [4.78, 5) is 15.7. The second-order valence-corrected chi connectivity index (χ2v) is 5.04. The molecule has 4 nitrogen and oxygen atoms in total. The second-order valence-electron chi connectivity index (χ2n) is 3.93. The molecule has 0 spiro atoms. The molecule has 0 radical (unpaired) electrons. The van der Waals surface area contributed by atoms with Crippen LogP contribution in [0.5, 0.6) is 0 Å². The first-order chi connectivity index (χ1) is 8.83. The van der Waals surface area contributed by atoms with Crippen LogP contribution in [0.4, 0.5) is 0 Å². The Morgan fingerprint density at radius 3 is 3.00 bits per heavy atom. The third-order valence-electron chi connectivity index (χ3n) is 2.38. The number of carbonyl (C=O) groups is 1. The topological polar surface area (TPSA) is 54.0 Å². The molecule has 0 aliphatic heterocycles. The van der Waals surface area contributed by atoms with Crippen molar-refractivity contribution in [2.45, 2.75) is 18.6 Å². The van der Waals surface area contributed by atoms with E-state index in [1.54, 1.807) is 18.0 Å². The molecule has 1 heterocycles. The molecule has 0 saturated carbocycles. The zero-order chi connectivity index (χ0) is 13.1. The maximum absolute atomic E-state index is 11.5. The van der Waals surface area contributed by atoms with Gasteiger partial charge in [-0.05, 0) is 32.1 Å². The van der Waals surface area contributed by atoms with Crippen molar-refractivity contribution < 1.29 is 4.79 Å². The van der Waals surface area contributed by atoms with E-state index < -0.39 is 0 Å². The van der Waals surface area contributed by atoms with Crippen molar-refractivity contribution in [3.05, 3.63) is 30.1 Å². The molecule has 100 valence electrons. The van der Waals surface area contributed by atoms with Gasteiger partial charge in [0.05, 0.1) is 5.69 Å². The largest absolute Gasteiger partial charge is 0.356 e. The van der Waals surface area contributed by atoms with Crippen LogP contribution in [-0.4, -0.2) is 36.8 Å². The molecule has 0 fully saturated rings. The van der Waals surface area contributed by atoms with Gasteiger partial charge in [0.25, 0.3) is 0 Å². The highest BCUT2D eigenvalue weighted by molar-refractivity contribution is 7.98. The maximum atomic E-state index is 11.5. The summed E-state index contributed by atoms with van der Waals surface area (Å²) in [5.74, 6) is 1.85. The molecule has 2 N–H and O–H groups in total. The fourth-order valence-electron chi connectivity index (χ4n) is 1.41. The van der Waals surface area contributed by atoms with Crippen LogP contribution in [0.3, 0.4) is 0 Å². The van der Waals surface area contributed by atoms with Crippen LogP contribution in [0.1, 0.15) is 18.5 Å². The molecule has 1 aromatic heterocycles. The molecule has 5 heteroatoms. The van der Waals surface area contributed by atoms with Gasteiger partial charge in [0, 0.05) is 30.7 Å². The summed E-state index contributed by atoms with van der Waals surface area (Å²) in [7, 11) is 1.91. The molecule has 0 saturated heterocycles. The van der Waals surface area contributed by atoms with Crippen LogP contribution in [-0.2, 0) is 10.5 Å². The van der Waals surface area contributed by atoms with Crippen molar-refractivity contribution in [2.75, 3.05) is 25.9 Å². The van der Waals surface area contributed by atoms with Crippen molar-refractivity contribution in [2.24, 2.45) is 0 Å². The minimum atomic E-state index is 0.139. The van der Waals surface area contributed by atoms with Crippen molar-refractivity contribution in [1.29, 1.82) is 0 Å². The van der Waals surface area contributed by atoms with E-state index in [1.807, 2.05) is 25.2 Å². The average molecular weight is 267 g/mol. The molecule has 1 aromatic rings. The normalized spacial score (nSPS) is 10.3. The third kappa shape index (κ3) is 7.29. The number of carbonyl (C=O) groups excluding carboxylic acids is 1. The number of hydrogen-bond donors (Lipinski definition) is 2. The smallest absolute Gasteiger partial charge is 0.220 e. The average Bonchev–Trinajstić information content (AvgIpc) is 2.41. The summed E-state index contributed by atoms with van der Waals surface area (Å²) >= 11 is 1.74. The van der Waals surface area contributed by atoms with E-state index >= 15 is 0 Å². The molecule has 1 rings (SSSR count). The molecule has 0 aliphatic carbocycles. The van der Waals surface area contributed by atoms with Gasteiger partial charge in [0.15, 0.2) is 0 Å². The van der Waals surface area contributed by atoms with E-state index in [1.165, 1.54) is 0 Å². The lowest BCUT2D eigenvalue weighted by Crippen LogP contribution is -2.26. The molecule has 0 unspecified atom stereocenters. The first-order valence-corrected chi connectivity index (χ1v) is 7.37. The predicted molar refractivity (Wildman–Crippen MR) is 76.6 cm³/mol. The fraction of sp³-hybridized carbons (Fsp3) is 0.538. The first kappa shape index (κ1) is 15.0. The van der Waals surface area contributed by atoms with Crippen LogP contribution in [0.25, 0.3) is 0 Å². The van der Waals surface area contributed by atoms with Gasteiger partial charge in [-0.1, -0.05) is 6.07 Å². The summed E-state index contributed by atoms with van der Waals surface area (Å²) in [5, 5.41) is 5.96. The summed E-state index contributed by atoms with van der Waals surface area (Å²) < 4.78 is 0. The minimum Gasteiger partial charge on any atom is -0.356 e. The van der Waals surface area contributed by atoms with Crippen LogP contribution < -0.4 is 10.6 Å². The highest BCUT2D eigenvalue weighted by Gasteiger charge is 2.00. The number of aromatic nitrogens is 1. The SMILES string of the molecule is CNCCCNC(=O)CCSCc1ccccn1. The Balaban J connectivity index is 1.99. The van der Waals surface area contributed by atoms with Gasteiger partial charge < -0.3 is 10.6 Å². The summed E-state index contributed by atoms with van der Waals surface area (Å²) in [5.41, 5.74) is 1.07. The molecule has 18 heavy (non-hydrogen) atoms. The van der Waals surface area contributed by atoms with Crippen molar-refractivity contribution in [1.82, 2.24) is 15.6 Å². The Kier molecular flexibility index (Phi) is 8.25.